The average molecular weight is 359 g/mol. The lowest BCUT2D eigenvalue weighted by Crippen LogP contribution is -2.07. The summed E-state index contributed by atoms with van der Waals surface area (Å²) in [5.74, 6) is 0.605. The van der Waals surface area contributed by atoms with Gasteiger partial charge in [-0.05, 0) is 29.7 Å². The normalized spacial score (nSPS) is 10.9. The molecule has 20 heavy (non-hydrogen) atoms. The summed E-state index contributed by atoms with van der Waals surface area (Å²) < 4.78 is 14.1. The summed E-state index contributed by atoms with van der Waals surface area (Å²) in [6, 6.07) is 4.58. The van der Waals surface area contributed by atoms with Gasteiger partial charge in [-0.3, -0.25) is 0 Å². The molecule has 1 heterocycles. The fraction of sp³-hybridized carbons (Fsp3) is 0.286. The van der Waals surface area contributed by atoms with Crippen LogP contribution in [0, 0.1) is 5.82 Å². The predicted molar refractivity (Wildman–Crippen MR) is 82.6 cm³/mol. The van der Waals surface area contributed by atoms with Crippen molar-refractivity contribution in [1.29, 1.82) is 0 Å². The fourth-order valence-corrected chi connectivity index (χ4v) is 2.62. The van der Waals surface area contributed by atoms with Crippen molar-refractivity contribution in [1.82, 2.24) is 9.97 Å². The van der Waals surface area contributed by atoms with E-state index < -0.39 is 0 Å². The van der Waals surface area contributed by atoms with Crippen molar-refractivity contribution in [2.24, 2.45) is 0 Å². The van der Waals surface area contributed by atoms with Gasteiger partial charge in [0.2, 0.25) is 0 Å². The van der Waals surface area contributed by atoms with E-state index in [1.54, 1.807) is 6.07 Å². The van der Waals surface area contributed by atoms with E-state index in [9.17, 15) is 4.39 Å². The van der Waals surface area contributed by atoms with Crippen LogP contribution >= 0.6 is 27.5 Å². The van der Waals surface area contributed by atoms with Crippen LogP contribution in [0.5, 0.6) is 0 Å². The smallest absolute Gasteiger partial charge is 0.138 e. The first-order chi connectivity index (χ1) is 9.49. The molecule has 1 aromatic heterocycles. The van der Waals surface area contributed by atoms with E-state index in [0.29, 0.717) is 17.5 Å². The topological polar surface area (TPSA) is 37.8 Å². The molecule has 0 spiro atoms. The average Bonchev–Trinajstić information content (AvgIpc) is 2.39. The number of aromatic nitrogens is 2. The Kier molecular flexibility index (Phi) is 4.94. The molecular formula is C14H14BrClFN3. The lowest BCUT2D eigenvalue weighted by atomic mass is 10.1. The van der Waals surface area contributed by atoms with Crippen LogP contribution in [-0.4, -0.2) is 9.97 Å². The standard InChI is InChI=1S/C14H14BrClFN3/c1-8(2)12-13(16)19-7-20-14(12)18-6-9-5-10(17)3-4-11(9)15/h3-5,7-8H,6H2,1-2H3,(H,18,19,20). The summed E-state index contributed by atoms with van der Waals surface area (Å²) in [5, 5.41) is 3.63. The lowest BCUT2D eigenvalue weighted by Gasteiger charge is -2.14. The van der Waals surface area contributed by atoms with Gasteiger partial charge in [0.1, 0.15) is 23.1 Å². The first-order valence-corrected chi connectivity index (χ1v) is 7.34. The van der Waals surface area contributed by atoms with Crippen LogP contribution in [0.1, 0.15) is 30.9 Å². The monoisotopic (exact) mass is 357 g/mol. The predicted octanol–water partition coefficient (Wildman–Crippen LogP) is 4.77. The number of hydrogen-bond donors (Lipinski definition) is 1. The zero-order chi connectivity index (χ0) is 14.7. The van der Waals surface area contributed by atoms with Gasteiger partial charge in [0.25, 0.3) is 0 Å². The summed E-state index contributed by atoms with van der Waals surface area (Å²) in [6.45, 7) is 4.49. The van der Waals surface area contributed by atoms with Crippen molar-refractivity contribution in [3.8, 4) is 0 Å². The molecule has 0 atom stereocenters. The Bertz CT molecular complexity index is 619. The van der Waals surface area contributed by atoms with Crippen molar-refractivity contribution in [2.75, 3.05) is 5.32 Å². The molecule has 106 valence electrons. The highest BCUT2D eigenvalue weighted by Gasteiger charge is 2.13. The molecule has 2 aromatic rings. The molecule has 3 nitrogen and oxygen atoms in total. The Morgan fingerprint density at radius 3 is 2.80 bits per heavy atom. The van der Waals surface area contributed by atoms with Crippen LogP contribution in [-0.2, 0) is 6.54 Å². The number of nitrogens with one attached hydrogen (secondary N) is 1. The van der Waals surface area contributed by atoms with Gasteiger partial charge in [-0.1, -0.05) is 41.4 Å². The summed E-state index contributed by atoms with van der Waals surface area (Å²) in [6.07, 6.45) is 1.41. The molecule has 0 saturated carbocycles. The van der Waals surface area contributed by atoms with Gasteiger partial charge in [-0.2, -0.15) is 0 Å². The molecular weight excluding hydrogens is 345 g/mol. The van der Waals surface area contributed by atoms with Gasteiger partial charge >= 0.3 is 0 Å². The van der Waals surface area contributed by atoms with E-state index in [4.69, 9.17) is 11.6 Å². The minimum Gasteiger partial charge on any atom is -0.366 e. The second kappa shape index (κ2) is 6.50. The number of hydrogen-bond acceptors (Lipinski definition) is 3. The summed E-state index contributed by atoms with van der Waals surface area (Å²) >= 11 is 9.50. The number of anilines is 1. The van der Waals surface area contributed by atoms with Gasteiger partial charge in [-0.15, -0.1) is 0 Å². The van der Waals surface area contributed by atoms with Crippen molar-refractivity contribution in [2.45, 2.75) is 26.3 Å². The maximum atomic E-state index is 13.2. The molecule has 1 aromatic carbocycles. The highest BCUT2D eigenvalue weighted by molar-refractivity contribution is 9.10. The lowest BCUT2D eigenvalue weighted by molar-refractivity contribution is 0.625. The number of nitrogens with zero attached hydrogens (tertiary/aromatic N) is 2. The third kappa shape index (κ3) is 3.46. The van der Waals surface area contributed by atoms with Crippen molar-refractivity contribution in [3.05, 3.63) is 51.1 Å². The number of halogens is 3. The molecule has 0 aliphatic rings. The zero-order valence-electron chi connectivity index (χ0n) is 11.1. The van der Waals surface area contributed by atoms with Crippen LogP contribution in [0.4, 0.5) is 10.2 Å². The Morgan fingerprint density at radius 2 is 2.10 bits per heavy atom. The second-order valence-corrected chi connectivity index (χ2v) is 5.88. The van der Waals surface area contributed by atoms with Gasteiger partial charge in [0.15, 0.2) is 0 Å². The minimum absolute atomic E-state index is 0.196. The van der Waals surface area contributed by atoms with E-state index in [2.05, 4.69) is 31.2 Å². The fourth-order valence-electron chi connectivity index (χ4n) is 1.88. The maximum Gasteiger partial charge on any atom is 0.138 e. The Labute approximate surface area is 130 Å². The molecule has 1 N–H and O–H groups in total. The van der Waals surface area contributed by atoms with Crippen molar-refractivity contribution < 1.29 is 4.39 Å². The molecule has 0 saturated heterocycles. The first kappa shape index (κ1) is 15.2. The van der Waals surface area contributed by atoms with E-state index in [1.165, 1.54) is 18.5 Å². The minimum atomic E-state index is -0.269. The van der Waals surface area contributed by atoms with Gasteiger partial charge in [0, 0.05) is 16.6 Å². The molecule has 0 aliphatic heterocycles. The Hall–Kier alpha value is -1.20. The molecule has 0 radical (unpaired) electrons. The Morgan fingerprint density at radius 1 is 1.35 bits per heavy atom. The molecule has 6 heteroatoms. The number of benzene rings is 1. The third-order valence-electron chi connectivity index (χ3n) is 2.87. The van der Waals surface area contributed by atoms with Crippen molar-refractivity contribution >= 4 is 33.3 Å². The molecule has 2 rings (SSSR count). The molecule has 0 amide bonds. The van der Waals surface area contributed by atoms with Crippen LogP contribution in [0.2, 0.25) is 5.15 Å². The van der Waals surface area contributed by atoms with E-state index in [0.717, 1.165) is 15.6 Å². The van der Waals surface area contributed by atoms with Gasteiger partial charge in [-0.25, -0.2) is 14.4 Å². The van der Waals surface area contributed by atoms with Crippen LogP contribution in [0.3, 0.4) is 0 Å². The summed E-state index contributed by atoms with van der Waals surface area (Å²) in [4.78, 5) is 8.20. The van der Waals surface area contributed by atoms with Crippen LogP contribution in [0.25, 0.3) is 0 Å². The highest BCUT2D eigenvalue weighted by Crippen LogP contribution is 2.28. The molecule has 0 bridgehead atoms. The summed E-state index contributed by atoms with van der Waals surface area (Å²) in [5.41, 5.74) is 1.68. The van der Waals surface area contributed by atoms with Crippen LogP contribution < -0.4 is 5.32 Å². The van der Waals surface area contributed by atoms with E-state index >= 15 is 0 Å². The van der Waals surface area contributed by atoms with E-state index in [1.807, 2.05) is 13.8 Å². The maximum absolute atomic E-state index is 13.2. The SMILES string of the molecule is CC(C)c1c(Cl)ncnc1NCc1cc(F)ccc1Br. The first-order valence-electron chi connectivity index (χ1n) is 6.17. The quantitative estimate of drug-likeness (QED) is 0.800. The van der Waals surface area contributed by atoms with Gasteiger partial charge in [0.05, 0.1) is 0 Å². The third-order valence-corrected chi connectivity index (χ3v) is 3.94. The van der Waals surface area contributed by atoms with Crippen LogP contribution in [0.15, 0.2) is 29.0 Å². The second-order valence-electron chi connectivity index (χ2n) is 4.67. The molecule has 0 fully saturated rings. The molecule has 0 unspecified atom stereocenters. The van der Waals surface area contributed by atoms with E-state index in [-0.39, 0.29) is 11.7 Å². The Balaban J connectivity index is 2.23. The number of rotatable bonds is 4. The molecule has 0 aliphatic carbocycles. The van der Waals surface area contributed by atoms with Gasteiger partial charge < -0.3 is 5.32 Å². The highest BCUT2D eigenvalue weighted by atomic mass is 79.9. The largest absolute Gasteiger partial charge is 0.366 e. The summed E-state index contributed by atoms with van der Waals surface area (Å²) in [7, 11) is 0. The van der Waals surface area contributed by atoms with Crippen molar-refractivity contribution in [3.63, 3.8) is 0 Å². The zero-order valence-corrected chi connectivity index (χ0v) is 13.5.